The lowest BCUT2D eigenvalue weighted by Gasteiger charge is -2.06. The molecule has 1 N–H and O–H groups in total. The summed E-state index contributed by atoms with van der Waals surface area (Å²) in [6.07, 6.45) is 1.44. The molecule has 0 bridgehead atoms. The second kappa shape index (κ2) is 6.70. The number of hydrogen-bond donors (Lipinski definition) is 1. The summed E-state index contributed by atoms with van der Waals surface area (Å²) in [5, 5.41) is 9.29. The normalized spacial score (nSPS) is 11.2. The molecular formula is C17H15FO3. The summed E-state index contributed by atoms with van der Waals surface area (Å²) < 4.78 is 19.1. The van der Waals surface area contributed by atoms with Crippen LogP contribution in [0.15, 0.2) is 48.5 Å². The molecule has 0 aliphatic rings. The van der Waals surface area contributed by atoms with Gasteiger partial charge in [0.2, 0.25) is 0 Å². The maximum absolute atomic E-state index is 13.7. The largest absolute Gasteiger partial charge is 0.494 e. The first-order valence-corrected chi connectivity index (χ1v) is 6.54. The summed E-state index contributed by atoms with van der Waals surface area (Å²) in [5.41, 5.74) is 0.648. The zero-order valence-electron chi connectivity index (χ0n) is 11.5. The van der Waals surface area contributed by atoms with E-state index in [1.54, 1.807) is 30.3 Å². The number of carbonyl (C=O) groups is 1. The molecule has 0 atom stereocenters. The Balaban J connectivity index is 2.38. The van der Waals surface area contributed by atoms with Crippen LogP contribution in [0.3, 0.4) is 0 Å². The Morgan fingerprint density at radius 3 is 2.43 bits per heavy atom. The third-order valence-corrected chi connectivity index (χ3v) is 2.90. The van der Waals surface area contributed by atoms with Crippen molar-refractivity contribution >= 4 is 17.6 Å². The Bertz CT molecular complexity index is 660. The van der Waals surface area contributed by atoms with Crippen molar-refractivity contribution in [3.8, 4) is 5.75 Å². The van der Waals surface area contributed by atoms with Crippen molar-refractivity contribution in [1.29, 1.82) is 0 Å². The lowest BCUT2D eigenvalue weighted by molar-refractivity contribution is -0.130. The highest BCUT2D eigenvalue weighted by Gasteiger charge is 2.14. The van der Waals surface area contributed by atoms with Gasteiger partial charge in [-0.1, -0.05) is 30.3 Å². The first-order chi connectivity index (χ1) is 10.1. The lowest BCUT2D eigenvalue weighted by Crippen LogP contribution is -2.01. The van der Waals surface area contributed by atoms with E-state index in [-0.39, 0.29) is 11.1 Å². The molecule has 0 spiro atoms. The van der Waals surface area contributed by atoms with Crippen molar-refractivity contribution in [3.05, 3.63) is 65.5 Å². The highest BCUT2D eigenvalue weighted by atomic mass is 19.1. The molecule has 108 valence electrons. The molecule has 0 saturated carbocycles. The standard InChI is InChI=1S/C17H15FO3/c1-2-21-13-9-7-12(8-10-13)11-15(17(19)20)14-5-3-4-6-16(14)18/h3-11H,2H2,1H3,(H,19,20). The number of ether oxygens (including phenoxy) is 1. The number of rotatable bonds is 5. The molecule has 2 aromatic rings. The van der Waals surface area contributed by atoms with Crippen LogP contribution in [0, 0.1) is 5.82 Å². The number of halogens is 1. The van der Waals surface area contributed by atoms with Crippen LogP contribution in [0.1, 0.15) is 18.1 Å². The molecule has 0 aliphatic heterocycles. The van der Waals surface area contributed by atoms with Crippen LogP contribution in [0.4, 0.5) is 4.39 Å². The summed E-state index contributed by atoms with van der Waals surface area (Å²) in [6.45, 7) is 2.44. The highest BCUT2D eigenvalue weighted by Crippen LogP contribution is 2.22. The Morgan fingerprint density at radius 1 is 1.19 bits per heavy atom. The van der Waals surface area contributed by atoms with Gasteiger partial charge in [-0.25, -0.2) is 9.18 Å². The number of carboxylic acid groups (broad SMARTS) is 1. The molecule has 4 heteroatoms. The molecule has 3 nitrogen and oxygen atoms in total. The SMILES string of the molecule is CCOc1ccc(C=C(C(=O)O)c2ccccc2F)cc1. The summed E-state index contributed by atoms with van der Waals surface area (Å²) in [5.74, 6) is -1.02. The van der Waals surface area contributed by atoms with Gasteiger partial charge < -0.3 is 9.84 Å². The van der Waals surface area contributed by atoms with Crippen LogP contribution in [-0.2, 0) is 4.79 Å². The van der Waals surface area contributed by atoms with E-state index in [9.17, 15) is 14.3 Å². The van der Waals surface area contributed by atoms with E-state index >= 15 is 0 Å². The van der Waals surface area contributed by atoms with Gasteiger partial charge in [0, 0.05) is 5.56 Å². The molecule has 2 aromatic carbocycles. The van der Waals surface area contributed by atoms with E-state index in [2.05, 4.69) is 0 Å². The maximum atomic E-state index is 13.7. The van der Waals surface area contributed by atoms with Gasteiger partial charge in [-0.3, -0.25) is 0 Å². The monoisotopic (exact) mass is 286 g/mol. The summed E-state index contributed by atoms with van der Waals surface area (Å²) in [4.78, 5) is 11.4. The smallest absolute Gasteiger partial charge is 0.336 e. The molecule has 0 heterocycles. The fourth-order valence-corrected chi connectivity index (χ4v) is 1.93. The van der Waals surface area contributed by atoms with Gasteiger partial charge in [0.1, 0.15) is 11.6 Å². The molecular weight excluding hydrogens is 271 g/mol. The zero-order chi connectivity index (χ0) is 15.2. The first kappa shape index (κ1) is 14.8. The molecule has 0 unspecified atom stereocenters. The minimum Gasteiger partial charge on any atom is -0.494 e. The topological polar surface area (TPSA) is 46.5 Å². The van der Waals surface area contributed by atoms with E-state index < -0.39 is 11.8 Å². The van der Waals surface area contributed by atoms with E-state index in [1.165, 1.54) is 24.3 Å². The second-order valence-electron chi connectivity index (χ2n) is 4.35. The molecule has 0 radical (unpaired) electrons. The van der Waals surface area contributed by atoms with Gasteiger partial charge in [0.05, 0.1) is 12.2 Å². The van der Waals surface area contributed by atoms with E-state index in [4.69, 9.17) is 4.74 Å². The number of benzene rings is 2. The van der Waals surface area contributed by atoms with Crippen LogP contribution in [0.2, 0.25) is 0 Å². The maximum Gasteiger partial charge on any atom is 0.336 e. The summed E-state index contributed by atoms with van der Waals surface area (Å²) in [6, 6.07) is 12.8. The Kier molecular flexibility index (Phi) is 4.72. The quantitative estimate of drug-likeness (QED) is 0.671. The molecule has 0 amide bonds. The van der Waals surface area contributed by atoms with Crippen LogP contribution < -0.4 is 4.74 Å². The van der Waals surface area contributed by atoms with Crippen molar-refractivity contribution in [2.75, 3.05) is 6.61 Å². The Morgan fingerprint density at radius 2 is 1.86 bits per heavy atom. The fourth-order valence-electron chi connectivity index (χ4n) is 1.93. The minimum absolute atomic E-state index is 0.0684. The molecule has 0 saturated heterocycles. The molecule has 0 fully saturated rings. The van der Waals surface area contributed by atoms with Gasteiger partial charge in [0.25, 0.3) is 0 Å². The third kappa shape index (κ3) is 3.69. The van der Waals surface area contributed by atoms with Gasteiger partial charge in [0.15, 0.2) is 0 Å². The van der Waals surface area contributed by atoms with Crippen molar-refractivity contribution in [2.24, 2.45) is 0 Å². The number of aliphatic carboxylic acids is 1. The predicted molar refractivity (Wildman–Crippen MR) is 79.5 cm³/mol. The molecule has 2 rings (SSSR count). The molecule has 21 heavy (non-hydrogen) atoms. The average Bonchev–Trinajstić information content (AvgIpc) is 2.47. The van der Waals surface area contributed by atoms with Crippen LogP contribution in [0.5, 0.6) is 5.75 Å². The van der Waals surface area contributed by atoms with Crippen molar-refractivity contribution in [3.63, 3.8) is 0 Å². The van der Waals surface area contributed by atoms with E-state index in [0.717, 1.165) is 0 Å². The summed E-state index contributed by atoms with van der Waals surface area (Å²) in [7, 11) is 0. The van der Waals surface area contributed by atoms with E-state index in [0.29, 0.717) is 17.9 Å². The van der Waals surface area contributed by atoms with E-state index in [1.807, 2.05) is 6.92 Å². The number of carboxylic acids is 1. The van der Waals surface area contributed by atoms with Crippen LogP contribution in [-0.4, -0.2) is 17.7 Å². The number of hydrogen-bond acceptors (Lipinski definition) is 2. The molecule has 0 aromatic heterocycles. The average molecular weight is 286 g/mol. The highest BCUT2D eigenvalue weighted by molar-refractivity contribution is 6.20. The van der Waals surface area contributed by atoms with Gasteiger partial charge in [-0.2, -0.15) is 0 Å². The van der Waals surface area contributed by atoms with Gasteiger partial charge >= 0.3 is 5.97 Å². The summed E-state index contributed by atoms with van der Waals surface area (Å²) >= 11 is 0. The lowest BCUT2D eigenvalue weighted by atomic mass is 10.0. The second-order valence-corrected chi connectivity index (χ2v) is 4.35. The van der Waals surface area contributed by atoms with Crippen molar-refractivity contribution in [1.82, 2.24) is 0 Å². The minimum atomic E-state index is -1.17. The Labute approximate surface area is 122 Å². The predicted octanol–water partition coefficient (Wildman–Crippen LogP) is 3.85. The van der Waals surface area contributed by atoms with Gasteiger partial charge in [-0.05, 0) is 36.8 Å². The molecule has 0 aliphatic carbocycles. The van der Waals surface area contributed by atoms with Gasteiger partial charge in [-0.15, -0.1) is 0 Å². The van der Waals surface area contributed by atoms with Crippen LogP contribution in [0.25, 0.3) is 11.6 Å². The van der Waals surface area contributed by atoms with Crippen LogP contribution >= 0.6 is 0 Å². The zero-order valence-corrected chi connectivity index (χ0v) is 11.5. The van der Waals surface area contributed by atoms with Crippen molar-refractivity contribution in [2.45, 2.75) is 6.92 Å². The third-order valence-electron chi connectivity index (χ3n) is 2.90. The Hall–Kier alpha value is -2.62. The van der Waals surface area contributed by atoms with Crippen molar-refractivity contribution < 1.29 is 19.0 Å². The fraction of sp³-hybridized carbons (Fsp3) is 0.118. The first-order valence-electron chi connectivity index (χ1n) is 6.54.